The van der Waals surface area contributed by atoms with Crippen LogP contribution in [-0.4, -0.2) is 43.8 Å². The highest BCUT2D eigenvalue weighted by atomic mass is 35.5. The second-order valence-electron chi connectivity index (χ2n) is 7.46. The summed E-state index contributed by atoms with van der Waals surface area (Å²) >= 11 is 12.3. The van der Waals surface area contributed by atoms with Gasteiger partial charge in [-0.1, -0.05) is 47.5 Å². The molecule has 0 saturated carbocycles. The number of nitrogens with zero attached hydrogens (tertiary/aromatic N) is 1. The normalized spacial score (nSPS) is 21.2. The van der Waals surface area contributed by atoms with Crippen LogP contribution in [0.4, 0.5) is 0 Å². The standard InChI is InChI=1S/C22H22Cl2N4O3/c23-17-6-5-13(9-18(17)24)21-14(11-25-7-8-31-21)12-26-22(30)16-4-2-1-3-15(16)19-10-20(29)28-27-19/h1-6,9,14,21,25H,7-8,10-12H2,(H,26,30)(H,28,29)/t14-,21-/m0/s1. The molecule has 4 rings (SSSR count). The van der Waals surface area contributed by atoms with E-state index in [9.17, 15) is 9.59 Å². The minimum Gasteiger partial charge on any atom is -0.372 e. The van der Waals surface area contributed by atoms with Crippen molar-refractivity contribution in [3.63, 3.8) is 0 Å². The van der Waals surface area contributed by atoms with Crippen LogP contribution in [0.15, 0.2) is 47.6 Å². The quantitative estimate of drug-likeness (QED) is 0.639. The zero-order valence-corrected chi connectivity index (χ0v) is 18.2. The number of rotatable bonds is 5. The van der Waals surface area contributed by atoms with Crippen molar-refractivity contribution < 1.29 is 14.3 Å². The fourth-order valence-electron chi connectivity index (χ4n) is 3.79. The smallest absolute Gasteiger partial charge is 0.251 e. The van der Waals surface area contributed by atoms with Gasteiger partial charge in [0.25, 0.3) is 5.91 Å². The molecule has 1 saturated heterocycles. The molecule has 2 aliphatic rings. The second-order valence-corrected chi connectivity index (χ2v) is 8.27. The molecule has 2 aliphatic heterocycles. The van der Waals surface area contributed by atoms with Gasteiger partial charge in [0.2, 0.25) is 5.91 Å². The van der Waals surface area contributed by atoms with Gasteiger partial charge in [0.05, 0.1) is 34.9 Å². The molecule has 3 N–H and O–H groups in total. The molecule has 9 heteroatoms. The molecule has 2 aromatic carbocycles. The fraction of sp³-hybridized carbons (Fsp3) is 0.318. The third-order valence-corrected chi connectivity index (χ3v) is 6.07. The molecule has 0 bridgehead atoms. The van der Waals surface area contributed by atoms with Crippen molar-refractivity contribution >= 4 is 40.7 Å². The zero-order chi connectivity index (χ0) is 21.8. The second kappa shape index (κ2) is 9.78. The molecule has 0 spiro atoms. The van der Waals surface area contributed by atoms with Gasteiger partial charge in [0.15, 0.2) is 0 Å². The number of hydrazone groups is 1. The summed E-state index contributed by atoms with van der Waals surface area (Å²) < 4.78 is 6.07. The lowest BCUT2D eigenvalue weighted by Gasteiger charge is -2.26. The first-order valence-corrected chi connectivity index (χ1v) is 10.8. The Bertz CT molecular complexity index is 1030. The maximum Gasteiger partial charge on any atom is 0.251 e. The fourth-order valence-corrected chi connectivity index (χ4v) is 4.10. The van der Waals surface area contributed by atoms with E-state index in [0.717, 1.165) is 12.1 Å². The molecule has 2 atom stereocenters. The highest BCUT2D eigenvalue weighted by molar-refractivity contribution is 6.42. The first-order valence-electron chi connectivity index (χ1n) is 10.0. The summed E-state index contributed by atoms with van der Waals surface area (Å²) in [7, 11) is 0. The number of benzene rings is 2. The average Bonchev–Trinajstić information content (AvgIpc) is 3.07. The summed E-state index contributed by atoms with van der Waals surface area (Å²) in [5.41, 5.74) is 5.03. The van der Waals surface area contributed by atoms with E-state index in [4.69, 9.17) is 27.9 Å². The van der Waals surface area contributed by atoms with Crippen LogP contribution in [0.3, 0.4) is 0 Å². The Balaban J connectivity index is 1.50. The molecule has 2 amide bonds. The van der Waals surface area contributed by atoms with Crippen LogP contribution in [0.1, 0.15) is 34.0 Å². The number of ether oxygens (including phenoxy) is 1. The van der Waals surface area contributed by atoms with Crippen molar-refractivity contribution in [1.82, 2.24) is 16.1 Å². The average molecular weight is 461 g/mol. The van der Waals surface area contributed by atoms with Crippen molar-refractivity contribution in [2.75, 3.05) is 26.2 Å². The van der Waals surface area contributed by atoms with E-state index in [0.29, 0.717) is 46.6 Å². The van der Waals surface area contributed by atoms with Crippen LogP contribution in [-0.2, 0) is 9.53 Å². The molecule has 31 heavy (non-hydrogen) atoms. The Morgan fingerprint density at radius 2 is 2.03 bits per heavy atom. The predicted molar refractivity (Wildman–Crippen MR) is 120 cm³/mol. The van der Waals surface area contributed by atoms with Crippen molar-refractivity contribution in [2.24, 2.45) is 11.0 Å². The van der Waals surface area contributed by atoms with E-state index >= 15 is 0 Å². The highest BCUT2D eigenvalue weighted by Gasteiger charge is 2.28. The van der Waals surface area contributed by atoms with Crippen molar-refractivity contribution in [3.05, 3.63) is 69.2 Å². The Labute approximate surface area is 190 Å². The third-order valence-electron chi connectivity index (χ3n) is 5.33. The van der Waals surface area contributed by atoms with E-state index in [-0.39, 0.29) is 30.3 Å². The molecule has 0 unspecified atom stereocenters. The lowest BCUT2D eigenvalue weighted by molar-refractivity contribution is -0.119. The molecule has 7 nitrogen and oxygen atoms in total. The summed E-state index contributed by atoms with van der Waals surface area (Å²) in [6.45, 7) is 2.36. The number of hydrogen-bond acceptors (Lipinski definition) is 5. The van der Waals surface area contributed by atoms with Gasteiger partial charge in [-0.15, -0.1) is 0 Å². The minimum atomic E-state index is -0.235. The summed E-state index contributed by atoms with van der Waals surface area (Å²) in [5, 5.41) is 11.4. The summed E-state index contributed by atoms with van der Waals surface area (Å²) in [6.07, 6.45) is -0.0780. The van der Waals surface area contributed by atoms with Gasteiger partial charge in [-0.25, -0.2) is 5.43 Å². The highest BCUT2D eigenvalue weighted by Crippen LogP contribution is 2.32. The Morgan fingerprint density at radius 1 is 1.19 bits per heavy atom. The van der Waals surface area contributed by atoms with Crippen molar-refractivity contribution in [3.8, 4) is 0 Å². The number of halogens is 2. The van der Waals surface area contributed by atoms with Crippen molar-refractivity contribution in [1.29, 1.82) is 0 Å². The molecular formula is C22H22Cl2N4O3. The maximum absolute atomic E-state index is 13.0. The molecule has 0 radical (unpaired) electrons. The Hall–Kier alpha value is -2.45. The number of amides is 2. The molecule has 0 aliphatic carbocycles. The topological polar surface area (TPSA) is 91.8 Å². The van der Waals surface area contributed by atoms with Gasteiger partial charge >= 0.3 is 0 Å². The van der Waals surface area contributed by atoms with E-state index < -0.39 is 0 Å². The van der Waals surface area contributed by atoms with Gasteiger partial charge in [-0.2, -0.15) is 5.10 Å². The zero-order valence-electron chi connectivity index (χ0n) is 16.7. The van der Waals surface area contributed by atoms with Crippen LogP contribution < -0.4 is 16.1 Å². The van der Waals surface area contributed by atoms with Crippen LogP contribution in [0, 0.1) is 5.92 Å². The third kappa shape index (κ3) is 5.07. The first-order chi connectivity index (χ1) is 15.0. The van der Waals surface area contributed by atoms with E-state index in [2.05, 4.69) is 21.2 Å². The van der Waals surface area contributed by atoms with Gasteiger partial charge in [0, 0.05) is 36.7 Å². The van der Waals surface area contributed by atoms with Crippen LogP contribution >= 0.6 is 23.2 Å². The van der Waals surface area contributed by atoms with Gasteiger partial charge < -0.3 is 15.4 Å². The van der Waals surface area contributed by atoms with E-state index in [1.807, 2.05) is 18.2 Å². The molecule has 162 valence electrons. The van der Waals surface area contributed by atoms with Crippen LogP contribution in [0.25, 0.3) is 0 Å². The molecule has 2 aromatic rings. The largest absolute Gasteiger partial charge is 0.372 e. The van der Waals surface area contributed by atoms with Crippen molar-refractivity contribution in [2.45, 2.75) is 12.5 Å². The van der Waals surface area contributed by atoms with Gasteiger partial charge in [0.1, 0.15) is 0 Å². The molecule has 0 aromatic heterocycles. The maximum atomic E-state index is 13.0. The minimum absolute atomic E-state index is 0.0112. The Morgan fingerprint density at radius 3 is 2.81 bits per heavy atom. The van der Waals surface area contributed by atoms with Gasteiger partial charge in [-0.05, 0) is 23.8 Å². The summed E-state index contributed by atoms with van der Waals surface area (Å²) in [6, 6.07) is 12.6. The lowest BCUT2D eigenvalue weighted by Crippen LogP contribution is -2.37. The molecule has 1 fully saturated rings. The number of hydrogen-bond donors (Lipinski definition) is 3. The Kier molecular flexibility index (Phi) is 6.87. The first kappa shape index (κ1) is 21.8. The van der Waals surface area contributed by atoms with Crippen LogP contribution in [0.5, 0.6) is 0 Å². The lowest BCUT2D eigenvalue weighted by atomic mass is 9.95. The molecular weight excluding hydrogens is 439 g/mol. The monoisotopic (exact) mass is 460 g/mol. The number of carbonyl (C=O) groups excluding carboxylic acids is 2. The van der Waals surface area contributed by atoms with E-state index in [1.165, 1.54) is 0 Å². The number of carbonyl (C=O) groups is 2. The number of nitrogens with one attached hydrogen (secondary N) is 3. The predicted octanol–water partition coefficient (Wildman–Crippen LogP) is 2.92. The van der Waals surface area contributed by atoms with Crippen LogP contribution in [0.2, 0.25) is 10.0 Å². The van der Waals surface area contributed by atoms with Gasteiger partial charge in [-0.3, -0.25) is 9.59 Å². The summed E-state index contributed by atoms with van der Waals surface area (Å²) in [4.78, 5) is 24.5. The SMILES string of the molecule is O=C1CC(c2ccccc2C(=O)NC[C@@H]2CNCCO[C@H]2c2ccc(Cl)c(Cl)c2)=NN1. The molecule has 2 heterocycles. The summed E-state index contributed by atoms with van der Waals surface area (Å²) in [5.74, 6) is -0.422. The van der Waals surface area contributed by atoms with E-state index in [1.54, 1.807) is 24.3 Å².